The lowest BCUT2D eigenvalue weighted by molar-refractivity contribution is -0.117. The van der Waals surface area contributed by atoms with Gasteiger partial charge in [0, 0.05) is 19.4 Å². The smallest absolute Gasteiger partial charge is 0.241 e. The van der Waals surface area contributed by atoms with Crippen molar-refractivity contribution < 1.29 is 13.9 Å². The molecule has 1 aromatic carbocycles. The van der Waals surface area contributed by atoms with Crippen molar-refractivity contribution in [3.63, 3.8) is 0 Å². The molecule has 1 atom stereocenters. The van der Waals surface area contributed by atoms with Crippen LogP contribution in [-0.2, 0) is 9.53 Å². The number of nitrogens with two attached hydrogens (primary N) is 1. The molecule has 94 valence electrons. The van der Waals surface area contributed by atoms with Gasteiger partial charge >= 0.3 is 0 Å². The zero-order chi connectivity index (χ0) is 12.8. The zero-order valence-corrected chi connectivity index (χ0v) is 10.00. The Bertz CT molecular complexity index is 396. The molecule has 5 heteroatoms. The summed E-state index contributed by atoms with van der Waals surface area (Å²) in [6.45, 7) is 2.07. The van der Waals surface area contributed by atoms with Crippen molar-refractivity contribution in [3.05, 3.63) is 29.6 Å². The van der Waals surface area contributed by atoms with Crippen LogP contribution >= 0.6 is 0 Å². The number of aryl methyl sites for hydroxylation is 1. The summed E-state index contributed by atoms with van der Waals surface area (Å²) in [6.07, 6.45) is 0.427. The number of methoxy groups -OCH3 is 1. The molecule has 1 rings (SSSR count). The van der Waals surface area contributed by atoms with E-state index < -0.39 is 6.04 Å². The average Bonchev–Trinajstić information content (AvgIpc) is 2.30. The van der Waals surface area contributed by atoms with Crippen LogP contribution in [0.2, 0.25) is 0 Å². The van der Waals surface area contributed by atoms with E-state index >= 15 is 0 Å². The lowest BCUT2D eigenvalue weighted by Gasteiger charge is -2.12. The normalized spacial score (nSPS) is 12.2. The van der Waals surface area contributed by atoms with Crippen LogP contribution in [0, 0.1) is 12.7 Å². The highest BCUT2D eigenvalue weighted by Gasteiger charge is 2.13. The number of ether oxygens (including phenoxy) is 1. The number of carbonyl (C=O) groups is 1. The first-order valence-corrected chi connectivity index (χ1v) is 5.36. The monoisotopic (exact) mass is 240 g/mol. The first-order valence-electron chi connectivity index (χ1n) is 5.36. The van der Waals surface area contributed by atoms with Gasteiger partial charge in [-0.15, -0.1) is 0 Å². The van der Waals surface area contributed by atoms with Crippen molar-refractivity contribution in [2.45, 2.75) is 19.4 Å². The summed E-state index contributed by atoms with van der Waals surface area (Å²) < 4.78 is 18.1. The van der Waals surface area contributed by atoms with E-state index in [0.717, 1.165) is 0 Å². The summed E-state index contributed by atoms with van der Waals surface area (Å²) in [5, 5.41) is 2.56. The van der Waals surface area contributed by atoms with Crippen LogP contribution < -0.4 is 11.1 Å². The highest BCUT2D eigenvalue weighted by molar-refractivity contribution is 5.94. The van der Waals surface area contributed by atoms with Gasteiger partial charge in [0.25, 0.3) is 0 Å². The predicted molar refractivity (Wildman–Crippen MR) is 64.2 cm³/mol. The van der Waals surface area contributed by atoms with Crippen molar-refractivity contribution in [3.8, 4) is 0 Å². The van der Waals surface area contributed by atoms with Crippen LogP contribution in [0.1, 0.15) is 12.0 Å². The molecule has 0 aliphatic heterocycles. The van der Waals surface area contributed by atoms with Gasteiger partial charge in [0.05, 0.1) is 6.04 Å². The molecule has 0 fully saturated rings. The van der Waals surface area contributed by atoms with Crippen LogP contribution in [0.25, 0.3) is 0 Å². The number of hydrogen-bond acceptors (Lipinski definition) is 3. The summed E-state index contributed by atoms with van der Waals surface area (Å²) in [7, 11) is 1.54. The topological polar surface area (TPSA) is 64.3 Å². The van der Waals surface area contributed by atoms with Gasteiger partial charge in [-0.3, -0.25) is 4.79 Å². The number of hydrogen-bond donors (Lipinski definition) is 2. The SMILES string of the molecule is COCCC(N)C(=O)Nc1ccc(C)c(F)c1. The van der Waals surface area contributed by atoms with Crippen molar-refractivity contribution in [2.24, 2.45) is 5.73 Å². The fourth-order valence-electron chi connectivity index (χ4n) is 1.28. The van der Waals surface area contributed by atoms with Crippen molar-refractivity contribution in [2.75, 3.05) is 19.0 Å². The van der Waals surface area contributed by atoms with Crippen molar-refractivity contribution in [1.29, 1.82) is 0 Å². The maximum absolute atomic E-state index is 13.2. The number of amides is 1. The maximum atomic E-state index is 13.2. The quantitative estimate of drug-likeness (QED) is 0.818. The fourth-order valence-corrected chi connectivity index (χ4v) is 1.28. The predicted octanol–water partition coefficient (Wildman–Crippen LogP) is 1.44. The van der Waals surface area contributed by atoms with Gasteiger partial charge in [0.2, 0.25) is 5.91 Å². The van der Waals surface area contributed by atoms with E-state index in [1.165, 1.54) is 6.07 Å². The molecule has 0 heterocycles. The van der Waals surface area contributed by atoms with Crippen LogP contribution in [0.5, 0.6) is 0 Å². The minimum Gasteiger partial charge on any atom is -0.385 e. The van der Waals surface area contributed by atoms with Gasteiger partial charge in [0.15, 0.2) is 0 Å². The van der Waals surface area contributed by atoms with Crippen LogP contribution in [0.15, 0.2) is 18.2 Å². The molecule has 0 saturated heterocycles. The Morgan fingerprint density at radius 1 is 1.59 bits per heavy atom. The van der Waals surface area contributed by atoms with Crippen molar-refractivity contribution in [1.82, 2.24) is 0 Å². The largest absolute Gasteiger partial charge is 0.385 e. The van der Waals surface area contributed by atoms with E-state index in [0.29, 0.717) is 24.3 Å². The van der Waals surface area contributed by atoms with Crippen LogP contribution in [-0.4, -0.2) is 25.7 Å². The second-order valence-corrected chi connectivity index (χ2v) is 3.84. The molecule has 1 amide bonds. The Labute approximate surface area is 100.0 Å². The molecule has 0 spiro atoms. The molecule has 0 aliphatic carbocycles. The third-order valence-electron chi connectivity index (χ3n) is 2.41. The molecule has 17 heavy (non-hydrogen) atoms. The summed E-state index contributed by atoms with van der Waals surface area (Å²) in [5.41, 5.74) is 6.58. The first-order chi connectivity index (χ1) is 8.04. The summed E-state index contributed by atoms with van der Waals surface area (Å²) in [5.74, 6) is -0.696. The highest BCUT2D eigenvalue weighted by Crippen LogP contribution is 2.13. The summed E-state index contributed by atoms with van der Waals surface area (Å²) >= 11 is 0. The van der Waals surface area contributed by atoms with E-state index in [1.807, 2.05) is 0 Å². The molecular weight excluding hydrogens is 223 g/mol. The van der Waals surface area contributed by atoms with Crippen LogP contribution in [0.4, 0.5) is 10.1 Å². The number of nitrogens with one attached hydrogen (secondary N) is 1. The first kappa shape index (κ1) is 13.6. The molecule has 0 bridgehead atoms. The summed E-state index contributed by atoms with van der Waals surface area (Å²) in [4.78, 5) is 11.6. The Hall–Kier alpha value is -1.46. The Kier molecular flexibility index (Phi) is 5.06. The molecule has 1 unspecified atom stereocenters. The minimum atomic E-state index is -0.653. The van der Waals surface area contributed by atoms with E-state index in [9.17, 15) is 9.18 Å². The number of rotatable bonds is 5. The fraction of sp³-hybridized carbons (Fsp3) is 0.417. The molecule has 3 N–H and O–H groups in total. The number of halogens is 1. The number of benzene rings is 1. The lowest BCUT2D eigenvalue weighted by atomic mass is 10.2. The molecule has 0 aromatic heterocycles. The van der Waals surface area contributed by atoms with E-state index in [2.05, 4.69) is 5.32 Å². The molecule has 0 aliphatic rings. The van der Waals surface area contributed by atoms with Gasteiger partial charge in [-0.25, -0.2) is 4.39 Å². The molecule has 4 nitrogen and oxygen atoms in total. The molecule has 0 radical (unpaired) electrons. The second-order valence-electron chi connectivity index (χ2n) is 3.84. The van der Waals surface area contributed by atoms with E-state index in [1.54, 1.807) is 26.2 Å². The van der Waals surface area contributed by atoms with Gasteiger partial charge < -0.3 is 15.8 Å². The Morgan fingerprint density at radius 3 is 2.88 bits per heavy atom. The number of anilines is 1. The minimum absolute atomic E-state index is 0.342. The standard InChI is InChI=1S/C12H17FN2O2/c1-8-3-4-9(7-10(8)13)15-12(16)11(14)5-6-17-2/h3-4,7,11H,5-6,14H2,1-2H3,(H,15,16). The van der Waals surface area contributed by atoms with Crippen LogP contribution in [0.3, 0.4) is 0 Å². The lowest BCUT2D eigenvalue weighted by Crippen LogP contribution is -2.36. The van der Waals surface area contributed by atoms with Gasteiger partial charge in [-0.1, -0.05) is 6.07 Å². The van der Waals surface area contributed by atoms with E-state index in [4.69, 9.17) is 10.5 Å². The molecule has 0 saturated carbocycles. The third-order valence-corrected chi connectivity index (χ3v) is 2.41. The Balaban J connectivity index is 2.58. The summed E-state index contributed by atoms with van der Waals surface area (Å²) in [6, 6.07) is 3.86. The second kappa shape index (κ2) is 6.32. The highest BCUT2D eigenvalue weighted by atomic mass is 19.1. The average molecular weight is 240 g/mol. The zero-order valence-electron chi connectivity index (χ0n) is 10.00. The number of carbonyl (C=O) groups excluding carboxylic acids is 1. The maximum Gasteiger partial charge on any atom is 0.241 e. The van der Waals surface area contributed by atoms with Gasteiger partial charge in [0.1, 0.15) is 5.82 Å². The Morgan fingerprint density at radius 2 is 2.29 bits per heavy atom. The molecule has 1 aromatic rings. The van der Waals surface area contributed by atoms with Gasteiger partial charge in [-0.2, -0.15) is 0 Å². The molecular formula is C12H17FN2O2. The van der Waals surface area contributed by atoms with E-state index in [-0.39, 0.29) is 11.7 Å². The van der Waals surface area contributed by atoms with Crippen molar-refractivity contribution >= 4 is 11.6 Å². The third kappa shape index (κ3) is 4.13. The van der Waals surface area contributed by atoms with Gasteiger partial charge in [-0.05, 0) is 31.0 Å².